The predicted molar refractivity (Wildman–Crippen MR) is 115 cm³/mol. The first-order valence-electron chi connectivity index (χ1n) is 9.57. The number of aromatic nitrogens is 2. The topological polar surface area (TPSA) is 97.1 Å². The first kappa shape index (κ1) is 19.3. The fourth-order valence-corrected chi connectivity index (χ4v) is 3.17. The third-order valence-electron chi connectivity index (χ3n) is 4.55. The molecule has 2 N–H and O–H groups in total. The SMILES string of the molecule is CC(=O)Nc1ccc(NC(=O)CCc2nc(-c3cccc4ccccc34)no2)cc1. The number of anilines is 2. The summed E-state index contributed by atoms with van der Waals surface area (Å²) >= 11 is 0. The Hall–Kier alpha value is -4.00. The van der Waals surface area contributed by atoms with E-state index in [4.69, 9.17) is 4.52 Å². The predicted octanol–water partition coefficient (Wildman–Crippen LogP) is 4.42. The van der Waals surface area contributed by atoms with Gasteiger partial charge in [0.2, 0.25) is 23.5 Å². The van der Waals surface area contributed by atoms with Crippen LogP contribution in [0.4, 0.5) is 11.4 Å². The van der Waals surface area contributed by atoms with Crippen LogP contribution in [-0.2, 0) is 16.0 Å². The minimum Gasteiger partial charge on any atom is -0.339 e. The zero-order valence-electron chi connectivity index (χ0n) is 16.4. The Bertz CT molecular complexity index is 1190. The highest BCUT2D eigenvalue weighted by Crippen LogP contribution is 2.26. The van der Waals surface area contributed by atoms with Crippen LogP contribution in [0, 0.1) is 0 Å². The van der Waals surface area contributed by atoms with Gasteiger partial charge in [0.15, 0.2) is 0 Å². The van der Waals surface area contributed by atoms with Gasteiger partial charge in [-0.3, -0.25) is 9.59 Å². The number of hydrogen-bond acceptors (Lipinski definition) is 5. The molecule has 2 amide bonds. The molecule has 0 fully saturated rings. The Morgan fingerprint density at radius 2 is 1.60 bits per heavy atom. The molecule has 0 aliphatic carbocycles. The van der Waals surface area contributed by atoms with Gasteiger partial charge in [-0.1, -0.05) is 47.6 Å². The summed E-state index contributed by atoms with van der Waals surface area (Å²) in [6, 6.07) is 20.9. The van der Waals surface area contributed by atoms with E-state index in [1.807, 2.05) is 42.5 Å². The van der Waals surface area contributed by atoms with E-state index in [2.05, 4.69) is 20.8 Å². The normalized spacial score (nSPS) is 10.7. The number of rotatable bonds is 6. The minimum atomic E-state index is -0.160. The highest BCUT2D eigenvalue weighted by Gasteiger charge is 2.13. The van der Waals surface area contributed by atoms with Crippen LogP contribution in [0.2, 0.25) is 0 Å². The van der Waals surface area contributed by atoms with Gasteiger partial charge in [0.1, 0.15) is 0 Å². The summed E-state index contributed by atoms with van der Waals surface area (Å²) in [5.74, 6) is 0.617. The molecule has 4 rings (SSSR count). The summed E-state index contributed by atoms with van der Waals surface area (Å²) in [5, 5.41) is 11.7. The Balaban J connectivity index is 1.37. The van der Waals surface area contributed by atoms with Crippen molar-refractivity contribution in [3.63, 3.8) is 0 Å². The van der Waals surface area contributed by atoms with Crippen molar-refractivity contribution in [2.24, 2.45) is 0 Å². The first-order chi connectivity index (χ1) is 14.6. The number of carbonyl (C=O) groups excluding carboxylic acids is 2. The Morgan fingerprint density at radius 1 is 0.900 bits per heavy atom. The van der Waals surface area contributed by atoms with E-state index in [1.165, 1.54) is 6.92 Å². The van der Waals surface area contributed by atoms with Crippen molar-refractivity contribution in [3.8, 4) is 11.4 Å². The van der Waals surface area contributed by atoms with E-state index in [-0.39, 0.29) is 18.2 Å². The molecule has 1 aromatic heterocycles. The van der Waals surface area contributed by atoms with Gasteiger partial charge in [-0.05, 0) is 35.0 Å². The zero-order valence-corrected chi connectivity index (χ0v) is 16.4. The molecule has 7 nitrogen and oxygen atoms in total. The molecule has 0 aliphatic rings. The molecule has 0 spiro atoms. The van der Waals surface area contributed by atoms with E-state index < -0.39 is 0 Å². The fourth-order valence-electron chi connectivity index (χ4n) is 3.17. The number of aryl methyl sites for hydroxylation is 1. The summed E-state index contributed by atoms with van der Waals surface area (Å²) in [5.41, 5.74) is 2.22. The second kappa shape index (κ2) is 8.57. The van der Waals surface area contributed by atoms with Crippen molar-refractivity contribution in [1.29, 1.82) is 0 Å². The van der Waals surface area contributed by atoms with E-state index >= 15 is 0 Å². The monoisotopic (exact) mass is 400 g/mol. The summed E-state index contributed by atoms with van der Waals surface area (Å²) < 4.78 is 5.34. The number of fused-ring (bicyclic) bond motifs is 1. The lowest BCUT2D eigenvalue weighted by atomic mass is 10.0. The van der Waals surface area contributed by atoms with Crippen LogP contribution in [0.15, 0.2) is 71.3 Å². The van der Waals surface area contributed by atoms with Gasteiger partial charge in [0, 0.05) is 36.7 Å². The van der Waals surface area contributed by atoms with Gasteiger partial charge < -0.3 is 15.2 Å². The third kappa shape index (κ3) is 4.52. The quantitative estimate of drug-likeness (QED) is 0.499. The van der Waals surface area contributed by atoms with E-state index in [0.717, 1.165) is 16.3 Å². The van der Waals surface area contributed by atoms with Crippen LogP contribution < -0.4 is 10.6 Å². The van der Waals surface area contributed by atoms with Crippen molar-refractivity contribution in [1.82, 2.24) is 10.1 Å². The Labute approximate surface area is 173 Å². The standard InChI is InChI=1S/C23H20N4O3/c1-15(28)24-17-9-11-18(12-10-17)25-21(29)13-14-22-26-23(27-30-22)20-8-4-6-16-5-2-3-7-19(16)20/h2-12H,13-14H2,1H3,(H,24,28)(H,25,29). The van der Waals surface area contributed by atoms with Crippen molar-refractivity contribution >= 4 is 34.0 Å². The highest BCUT2D eigenvalue weighted by molar-refractivity contribution is 5.95. The molecule has 0 saturated heterocycles. The summed E-state index contributed by atoms with van der Waals surface area (Å²) in [7, 11) is 0. The number of hydrogen-bond donors (Lipinski definition) is 2. The smallest absolute Gasteiger partial charge is 0.227 e. The molecule has 0 atom stereocenters. The highest BCUT2D eigenvalue weighted by atomic mass is 16.5. The van der Waals surface area contributed by atoms with Crippen molar-refractivity contribution in [3.05, 3.63) is 72.6 Å². The van der Waals surface area contributed by atoms with Crippen LogP contribution in [0.5, 0.6) is 0 Å². The molecule has 0 aliphatic heterocycles. The summed E-state index contributed by atoms with van der Waals surface area (Å²) in [6.45, 7) is 1.44. The van der Waals surface area contributed by atoms with Crippen LogP contribution >= 0.6 is 0 Å². The van der Waals surface area contributed by atoms with E-state index in [0.29, 0.717) is 29.5 Å². The lowest BCUT2D eigenvalue weighted by Gasteiger charge is -2.06. The molecule has 7 heteroatoms. The lowest BCUT2D eigenvalue weighted by Crippen LogP contribution is -2.12. The number of amides is 2. The number of benzene rings is 3. The van der Waals surface area contributed by atoms with Gasteiger partial charge in [0.25, 0.3) is 0 Å². The van der Waals surface area contributed by atoms with Crippen LogP contribution in [-0.4, -0.2) is 22.0 Å². The van der Waals surface area contributed by atoms with E-state index in [9.17, 15) is 9.59 Å². The second-order valence-corrected chi connectivity index (χ2v) is 6.85. The number of carbonyl (C=O) groups is 2. The average Bonchev–Trinajstić information content (AvgIpc) is 3.22. The largest absolute Gasteiger partial charge is 0.339 e. The molecular weight excluding hydrogens is 380 g/mol. The van der Waals surface area contributed by atoms with Crippen molar-refractivity contribution in [2.75, 3.05) is 10.6 Å². The van der Waals surface area contributed by atoms with E-state index in [1.54, 1.807) is 24.3 Å². The van der Waals surface area contributed by atoms with Gasteiger partial charge in [0.05, 0.1) is 0 Å². The van der Waals surface area contributed by atoms with Crippen molar-refractivity contribution in [2.45, 2.75) is 19.8 Å². The lowest BCUT2D eigenvalue weighted by molar-refractivity contribution is -0.116. The first-order valence-corrected chi connectivity index (χ1v) is 9.57. The molecular formula is C23H20N4O3. The maximum Gasteiger partial charge on any atom is 0.227 e. The van der Waals surface area contributed by atoms with Gasteiger partial charge >= 0.3 is 0 Å². The maximum absolute atomic E-state index is 12.2. The third-order valence-corrected chi connectivity index (χ3v) is 4.55. The van der Waals surface area contributed by atoms with Gasteiger partial charge in [-0.15, -0.1) is 0 Å². The molecule has 0 bridgehead atoms. The zero-order chi connectivity index (χ0) is 20.9. The van der Waals surface area contributed by atoms with Gasteiger partial charge in [-0.2, -0.15) is 4.98 Å². The molecule has 0 radical (unpaired) electrons. The minimum absolute atomic E-state index is 0.144. The van der Waals surface area contributed by atoms with Crippen molar-refractivity contribution < 1.29 is 14.1 Å². The molecule has 0 saturated carbocycles. The van der Waals surface area contributed by atoms with Crippen LogP contribution in [0.3, 0.4) is 0 Å². The molecule has 3 aromatic carbocycles. The maximum atomic E-state index is 12.2. The fraction of sp³-hybridized carbons (Fsp3) is 0.130. The Kier molecular flexibility index (Phi) is 5.52. The Morgan fingerprint density at radius 3 is 2.37 bits per heavy atom. The van der Waals surface area contributed by atoms with Crippen LogP contribution in [0.25, 0.3) is 22.2 Å². The summed E-state index contributed by atoms with van der Waals surface area (Å²) in [6.07, 6.45) is 0.554. The molecule has 150 valence electrons. The molecule has 0 unspecified atom stereocenters. The molecule has 1 heterocycles. The van der Waals surface area contributed by atoms with Crippen LogP contribution in [0.1, 0.15) is 19.2 Å². The number of nitrogens with one attached hydrogen (secondary N) is 2. The molecule has 4 aromatic rings. The number of nitrogens with zero attached hydrogens (tertiary/aromatic N) is 2. The molecule has 30 heavy (non-hydrogen) atoms. The second-order valence-electron chi connectivity index (χ2n) is 6.85. The van der Waals surface area contributed by atoms with Gasteiger partial charge in [-0.25, -0.2) is 0 Å². The average molecular weight is 400 g/mol. The summed E-state index contributed by atoms with van der Waals surface area (Å²) in [4.78, 5) is 27.7.